The molecule has 0 aromatic rings. The standard InChI is InChI=1S/C16H23N3O2S.C5H11N.C3H8.2C2H6.CH3N/c1-18(2)16(22-13-10-20)17-14-4-3-5-15(7-6-14)19-8-11-21-12-9-19;1-4-6-5(2)3;1-3-2;3*1-2/h3,5-7,10H,4,8-9,11-13H2,1-2H3;6H,2,4H2,1,3H3;3H2,1-2H3;2*1-2H3;2H,1H2. The van der Waals surface area contributed by atoms with Crippen molar-refractivity contribution >= 4 is 29.9 Å². The molecule has 1 aliphatic carbocycles. The van der Waals surface area contributed by atoms with Crippen LogP contribution in [0.1, 0.15) is 68.2 Å². The van der Waals surface area contributed by atoms with Gasteiger partial charge in [0.25, 0.3) is 0 Å². The summed E-state index contributed by atoms with van der Waals surface area (Å²) in [6.07, 6.45) is 11.4. The summed E-state index contributed by atoms with van der Waals surface area (Å²) in [6.45, 7) is 26.8. The van der Waals surface area contributed by atoms with E-state index in [0.29, 0.717) is 5.75 Å². The Balaban J connectivity index is -0.000000303. The second-order valence-corrected chi connectivity index (χ2v) is 8.23. The van der Waals surface area contributed by atoms with Crippen LogP contribution < -0.4 is 5.32 Å². The fourth-order valence-electron chi connectivity index (χ4n) is 2.52. The molecule has 0 bridgehead atoms. The highest BCUT2D eigenvalue weighted by Gasteiger charge is 2.12. The zero-order chi connectivity index (χ0) is 29.5. The lowest BCUT2D eigenvalue weighted by Crippen LogP contribution is -2.35. The molecule has 0 atom stereocenters. The number of morpholine rings is 1. The highest BCUT2D eigenvalue weighted by molar-refractivity contribution is 8.14. The average molecular weight is 540 g/mol. The topological polar surface area (TPSA) is 81.0 Å². The SMILES string of the molecule is C=C(C)NCC.C=N.CC.CC.CCC.CN(C)C(=NC1=CC=C(N2CCOCC2)C=CC1)SCC=O. The average Bonchev–Trinajstić information content (AvgIpc) is 3.17. The lowest BCUT2D eigenvalue weighted by molar-refractivity contribution is -0.105. The van der Waals surface area contributed by atoms with Crippen LogP contribution in [0.2, 0.25) is 0 Å². The minimum absolute atomic E-state index is 0.426. The molecule has 37 heavy (non-hydrogen) atoms. The van der Waals surface area contributed by atoms with Crippen LogP contribution in [-0.4, -0.2) is 80.7 Å². The summed E-state index contributed by atoms with van der Waals surface area (Å²) >= 11 is 1.45. The lowest BCUT2D eigenvalue weighted by Gasteiger charge is -2.29. The summed E-state index contributed by atoms with van der Waals surface area (Å²) in [7, 11) is 3.89. The van der Waals surface area contributed by atoms with E-state index in [-0.39, 0.29) is 0 Å². The molecule has 0 radical (unpaired) electrons. The molecule has 0 saturated carbocycles. The first-order valence-corrected chi connectivity index (χ1v) is 14.3. The fraction of sp³-hybridized carbons (Fsp3) is 0.621. The van der Waals surface area contributed by atoms with Gasteiger partial charge in [-0.15, -0.1) is 0 Å². The van der Waals surface area contributed by atoms with Gasteiger partial charge in [0.15, 0.2) is 5.17 Å². The van der Waals surface area contributed by atoms with Crippen LogP contribution in [0.3, 0.4) is 0 Å². The number of amidine groups is 1. The first-order chi connectivity index (χ1) is 17.9. The van der Waals surface area contributed by atoms with Gasteiger partial charge in [0.1, 0.15) is 6.29 Å². The normalized spacial score (nSPS) is 13.7. The number of nitrogens with one attached hydrogen (secondary N) is 2. The van der Waals surface area contributed by atoms with E-state index in [0.717, 1.165) is 62.1 Å². The van der Waals surface area contributed by atoms with Crippen LogP contribution >= 0.6 is 11.8 Å². The van der Waals surface area contributed by atoms with E-state index in [4.69, 9.17) is 10.1 Å². The van der Waals surface area contributed by atoms with Crippen molar-refractivity contribution in [3.05, 3.63) is 48.0 Å². The van der Waals surface area contributed by atoms with Crippen molar-refractivity contribution in [1.82, 2.24) is 15.1 Å². The molecule has 216 valence electrons. The third-order valence-electron chi connectivity index (χ3n) is 3.82. The number of aliphatic imine (C=N–C) groups is 1. The van der Waals surface area contributed by atoms with Crippen molar-refractivity contribution in [2.75, 3.05) is 52.7 Å². The summed E-state index contributed by atoms with van der Waals surface area (Å²) in [5, 5.41) is 9.37. The molecular formula is C29H57N5O2S. The van der Waals surface area contributed by atoms with Crippen LogP contribution in [0.15, 0.2) is 53.0 Å². The summed E-state index contributed by atoms with van der Waals surface area (Å²) in [6, 6.07) is 0. The molecule has 8 heteroatoms. The molecule has 7 nitrogen and oxygen atoms in total. The van der Waals surface area contributed by atoms with E-state index in [1.165, 1.54) is 23.9 Å². The Bertz CT molecular complexity index is 653. The number of allylic oxidation sites excluding steroid dienone is 5. The predicted molar refractivity (Wildman–Crippen MR) is 169 cm³/mol. The van der Waals surface area contributed by atoms with Gasteiger partial charge in [0.2, 0.25) is 0 Å². The second-order valence-electron chi connectivity index (χ2n) is 7.24. The van der Waals surface area contributed by atoms with Gasteiger partial charge in [0.05, 0.1) is 19.0 Å². The quantitative estimate of drug-likeness (QED) is 0.220. The van der Waals surface area contributed by atoms with Gasteiger partial charge in [0, 0.05) is 57.2 Å². The predicted octanol–water partition coefficient (Wildman–Crippen LogP) is 6.76. The Morgan fingerprint density at radius 1 is 1.16 bits per heavy atom. The third kappa shape index (κ3) is 26.6. The zero-order valence-electron chi connectivity index (χ0n) is 25.5. The van der Waals surface area contributed by atoms with Gasteiger partial charge in [-0.1, -0.05) is 72.4 Å². The number of aldehydes is 1. The number of ether oxygens (including phenoxy) is 1. The Hall–Kier alpha value is -2.32. The van der Waals surface area contributed by atoms with Crippen LogP contribution in [0, 0.1) is 5.41 Å². The first-order valence-electron chi connectivity index (χ1n) is 13.4. The van der Waals surface area contributed by atoms with Crippen molar-refractivity contribution in [1.29, 1.82) is 5.41 Å². The Labute approximate surface area is 233 Å². The summed E-state index contributed by atoms with van der Waals surface area (Å²) in [4.78, 5) is 19.5. The Morgan fingerprint density at radius 2 is 1.70 bits per heavy atom. The lowest BCUT2D eigenvalue weighted by atomic mass is 10.3. The number of rotatable bonds is 6. The maximum atomic E-state index is 10.6. The summed E-state index contributed by atoms with van der Waals surface area (Å²) in [5.74, 6) is 0.426. The van der Waals surface area contributed by atoms with Crippen LogP contribution in [0.5, 0.6) is 0 Å². The van der Waals surface area contributed by atoms with Gasteiger partial charge in [-0.3, -0.25) is 0 Å². The molecule has 1 saturated heterocycles. The zero-order valence-corrected chi connectivity index (χ0v) is 26.3. The second kappa shape index (κ2) is 33.7. The maximum Gasteiger partial charge on any atom is 0.163 e. The van der Waals surface area contributed by atoms with E-state index >= 15 is 0 Å². The third-order valence-corrected chi connectivity index (χ3v) is 4.84. The van der Waals surface area contributed by atoms with Gasteiger partial charge >= 0.3 is 0 Å². The molecule has 0 spiro atoms. The van der Waals surface area contributed by atoms with E-state index in [9.17, 15) is 4.79 Å². The van der Waals surface area contributed by atoms with Gasteiger partial charge in [-0.2, -0.15) is 0 Å². The van der Waals surface area contributed by atoms with Crippen molar-refractivity contribution in [2.24, 2.45) is 4.99 Å². The number of hydrogen-bond acceptors (Lipinski definition) is 7. The van der Waals surface area contributed by atoms with E-state index in [1.807, 2.05) is 53.6 Å². The molecule has 2 rings (SSSR count). The highest BCUT2D eigenvalue weighted by atomic mass is 32.2. The monoisotopic (exact) mass is 539 g/mol. The molecule has 1 fully saturated rings. The summed E-state index contributed by atoms with van der Waals surface area (Å²) in [5.41, 5.74) is 3.25. The minimum Gasteiger partial charge on any atom is -0.389 e. The number of carbonyl (C=O) groups is 1. The van der Waals surface area contributed by atoms with Gasteiger partial charge < -0.3 is 30.1 Å². The van der Waals surface area contributed by atoms with Crippen molar-refractivity contribution in [2.45, 2.75) is 68.2 Å². The smallest absolute Gasteiger partial charge is 0.163 e. The van der Waals surface area contributed by atoms with E-state index in [2.05, 4.69) is 73.6 Å². The van der Waals surface area contributed by atoms with E-state index in [1.54, 1.807) is 0 Å². The molecular weight excluding hydrogens is 482 g/mol. The highest BCUT2D eigenvalue weighted by Crippen LogP contribution is 2.18. The molecule has 1 aliphatic heterocycles. The molecule has 0 aromatic carbocycles. The Morgan fingerprint density at radius 3 is 2.11 bits per heavy atom. The van der Waals surface area contributed by atoms with Crippen molar-refractivity contribution < 1.29 is 9.53 Å². The molecule has 0 unspecified atom stereocenters. The molecule has 2 aliphatic rings. The van der Waals surface area contributed by atoms with Crippen molar-refractivity contribution in [3.8, 4) is 0 Å². The molecule has 0 amide bonds. The molecule has 2 N–H and O–H groups in total. The number of nitrogens with zero attached hydrogens (tertiary/aromatic N) is 3. The largest absolute Gasteiger partial charge is 0.389 e. The molecule has 0 aromatic heterocycles. The maximum absolute atomic E-state index is 10.6. The van der Waals surface area contributed by atoms with Gasteiger partial charge in [-0.25, -0.2) is 4.99 Å². The fourth-order valence-corrected chi connectivity index (χ4v) is 3.17. The number of hydrogen-bond donors (Lipinski definition) is 2. The van der Waals surface area contributed by atoms with Gasteiger partial charge in [-0.05, 0) is 38.8 Å². The van der Waals surface area contributed by atoms with E-state index < -0.39 is 0 Å². The van der Waals surface area contributed by atoms with Crippen molar-refractivity contribution in [3.63, 3.8) is 0 Å². The first kappa shape index (κ1) is 41.8. The minimum atomic E-state index is 0.426. The van der Waals surface area contributed by atoms with Crippen LogP contribution in [0.25, 0.3) is 0 Å². The molecule has 1 heterocycles. The Kier molecular flexibility index (Phi) is 38.0. The van der Waals surface area contributed by atoms with Crippen LogP contribution in [0.4, 0.5) is 0 Å². The summed E-state index contributed by atoms with van der Waals surface area (Å²) < 4.78 is 5.39. The number of carbonyl (C=O) groups excluding carboxylic acids is 1. The number of thioether (sulfide) groups is 1. The van der Waals surface area contributed by atoms with Crippen LogP contribution in [-0.2, 0) is 9.53 Å².